The standard InChI is InChI=1S/C26H29F3N4O2/c1-15-19(5-4-6-21(15)26(27,28)29)16(2)30-25-20-13-23-24(14-22(20)31-17(3)32-25)35-12-9-33(23)18-7-10-34-11-8-18/h4-6,13-14,16,18H,7-12H2,1-3H3,(H,30,31,32)/t16-/m1/s1. The molecule has 1 N–H and O–H groups in total. The zero-order valence-corrected chi connectivity index (χ0v) is 20.1. The van der Waals surface area contributed by atoms with Crippen molar-refractivity contribution >= 4 is 22.4 Å². The van der Waals surface area contributed by atoms with E-state index in [0.29, 0.717) is 29.9 Å². The van der Waals surface area contributed by atoms with Crippen molar-refractivity contribution in [1.82, 2.24) is 9.97 Å². The molecule has 0 radical (unpaired) electrons. The van der Waals surface area contributed by atoms with Gasteiger partial charge >= 0.3 is 6.18 Å². The first kappa shape index (κ1) is 23.7. The van der Waals surface area contributed by atoms with Gasteiger partial charge in [0.2, 0.25) is 0 Å². The number of alkyl halides is 3. The van der Waals surface area contributed by atoms with Crippen LogP contribution in [0.25, 0.3) is 10.9 Å². The zero-order chi connectivity index (χ0) is 24.7. The Labute approximate surface area is 202 Å². The number of fused-ring (bicyclic) bond motifs is 2. The van der Waals surface area contributed by atoms with Crippen LogP contribution in [0.4, 0.5) is 24.7 Å². The number of rotatable bonds is 4. The van der Waals surface area contributed by atoms with Crippen LogP contribution in [0.2, 0.25) is 0 Å². The number of aryl methyl sites for hydroxylation is 1. The molecule has 3 aromatic rings. The predicted molar refractivity (Wildman–Crippen MR) is 129 cm³/mol. The molecule has 1 saturated heterocycles. The summed E-state index contributed by atoms with van der Waals surface area (Å²) in [6.07, 6.45) is -2.48. The van der Waals surface area contributed by atoms with Gasteiger partial charge in [-0.25, -0.2) is 9.97 Å². The maximum Gasteiger partial charge on any atom is 0.416 e. The van der Waals surface area contributed by atoms with Gasteiger partial charge in [0, 0.05) is 30.7 Å². The minimum absolute atomic E-state index is 0.214. The van der Waals surface area contributed by atoms with E-state index in [-0.39, 0.29) is 5.56 Å². The molecule has 5 rings (SSSR count). The van der Waals surface area contributed by atoms with Crippen molar-refractivity contribution in [2.75, 3.05) is 36.6 Å². The summed E-state index contributed by atoms with van der Waals surface area (Å²) < 4.78 is 51.9. The molecule has 1 fully saturated rings. The molecule has 9 heteroatoms. The number of ether oxygens (including phenoxy) is 2. The van der Waals surface area contributed by atoms with Gasteiger partial charge in [0.1, 0.15) is 24.0 Å². The van der Waals surface area contributed by atoms with Crippen LogP contribution in [0.15, 0.2) is 30.3 Å². The third-order valence-corrected chi connectivity index (χ3v) is 6.92. The molecule has 35 heavy (non-hydrogen) atoms. The smallest absolute Gasteiger partial charge is 0.416 e. The van der Waals surface area contributed by atoms with Crippen LogP contribution >= 0.6 is 0 Å². The highest BCUT2D eigenvalue weighted by Gasteiger charge is 2.33. The average Bonchev–Trinajstić information content (AvgIpc) is 2.82. The molecule has 6 nitrogen and oxygen atoms in total. The fourth-order valence-electron chi connectivity index (χ4n) is 5.17. The lowest BCUT2D eigenvalue weighted by atomic mass is 9.97. The number of nitrogens with one attached hydrogen (secondary N) is 1. The summed E-state index contributed by atoms with van der Waals surface area (Å²) >= 11 is 0. The molecule has 2 aromatic carbocycles. The Morgan fingerprint density at radius 2 is 1.86 bits per heavy atom. The van der Waals surface area contributed by atoms with Gasteiger partial charge in [0.25, 0.3) is 0 Å². The van der Waals surface area contributed by atoms with Gasteiger partial charge in [-0.05, 0) is 56.9 Å². The van der Waals surface area contributed by atoms with Crippen molar-refractivity contribution in [2.45, 2.75) is 51.9 Å². The summed E-state index contributed by atoms with van der Waals surface area (Å²) in [5, 5.41) is 4.18. The molecule has 3 heterocycles. The Balaban J connectivity index is 1.53. The highest BCUT2D eigenvalue weighted by Crippen LogP contribution is 2.40. The molecule has 0 saturated carbocycles. The van der Waals surface area contributed by atoms with E-state index in [1.807, 2.05) is 19.1 Å². The van der Waals surface area contributed by atoms with Gasteiger partial charge in [-0.3, -0.25) is 0 Å². The van der Waals surface area contributed by atoms with E-state index in [9.17, 15) is 13.2 Å². The normalized spacial score (nSPS) is 17.7. The van der Waals surface area contributed by atoms with Crippen LogP contribution in [-0.4, -0.2) is 42.4 Å². The first-order chi connectivity index (χ1) is 16.7. The van der Waals surface area contributed by atoms with Crippen LogP contribution in [0.1, 0.15) is 48.3 Å². The van der Waals surface area contributed by atoms with E-state index in [2.05, 4.69) is 20.2 Å². The second-order valence-electron chi connectivity index (χ2n) is 9.23. The maximum absolute atomic E-state index is 13.5. The van der Waals surface area contributed by atoms with Gasteiger partial charge in [-0.1, -0.05) is 12.1 Å². The number of hydrogen-bond acceptors (Lipinski definition) is 6. The molecule has 0 amide bonds. The molecular formula is C26H29F3N4O2. The Morgan fingerprint density at radius 3 is 2.60 bits per heavy atom. The molecule has 0 aliphatic carbocycles. The third kappa shape index (κ3) is 4.61. The Morgan fingerprint density at radius 1 is 1.09 bits per heavy atom. The van der Waals surface area contributed by atoms with Gasteiger partial charge < -0.3 is 19.7 Å². The van der Waals surface area contributed by atoms with Crippen molar-refractivity contribution < 1.29 is 22.6 Å². The van der Waals surface area contributed by atoms with Crippen LogP contribution in [-0.2, 0) is 10.9 Å². The summed E-state index contributed by atoms with van der Waals surface area (Å²) in [6.45, 7) is 8.05. The fraction of sp³-hybridized carbons (Fsp3) is 0.462. The lowest BCUT2D eigenvalue weighted by Gasteiger charge is -2.39. The van der Waals surface area contributed by atoms with Crippen molar-refractivity contribution in [3.8, 4) is 5.75 Å². The number of hydrogen-bond donors (Lipinski definition) is 1. The average molecular weight is 487 g/mol. The summed E-state index contributed by atoms with van der Waals surface area (Å²) in [5.74, 6) is 1.96. The second kappa shape index (κ2) is 9.18. The van der Waals surface area contributed by atoms with Crippen LogP contribution in [0.5, 0.6) is 5.75 Å². The zero-order valence-electron chi connectivity index (χ0n) is 20.1. The number of benzene rings is 2. The van der Waals surface area contributed by atoms with Crippen LogP contribution < -0.4 is 15.0 Å². The Kier molecular flexibility index (Phi) is 6.21. The highest BCUT2D eigenvalue weighted by molar-refractivity contribution is 5.94. The quantitative estimate of drug-likeness (QED) is 0.502. The third-order valence-electron chi connectivity index (χ3n) is 6.92. The molecule has 0 unspecified atom stereocenters. The summed E-state index contributed by atoms with van der Waals surface area (Å²) in [6, 6.07) is 8.26. The molecule has 1 atom stereocenters. The number of aromatic nitrogens is 2. The van der Waals surface area contributed by atoms with Crippen molar-refractivity contribution in [3.05, 3.63) is 52.8 Å². The van der Waals surface area contributed by atoms with Gasteiger partial charge in [0.15, 0.2) is 0 Å². The predicted octanol–water partition coefficient (Wildman–Crippen LogP) is 5.82. The van der Waals surface area contributed by atoms with E-state index >= 15 is 0 Å². The van der Waals surface area contributed by atoms with Gasteiger partial charge in [-0.15, -0.1) is 0 Å². The minimum atomic E-state index is -4.40. The van der Waals surface area contributed by atoms with Gasteiger partial charge in [-0.2, -0.15) is 13.2 Å². The van der Waals surface area contributed by atoms with Crippen molar-refractivity contribution in [1.29, 1.82) is 0 Å². The molecule has 1 aromatic heterocycles. The van der Waals surface area contributed by atoms with E-state index in [4.69, 9.17) is 9.47 Å². The van der Waals surface area contributed by atoms with Crippen LogP contribution in [0.3, 0.4) is 0 Å². The van der Waals surface area contributed by atoms with E-state index < -0.39 is 17.8 Å². The fourth-order valence-corrected chi connectivity index (χ4v) is 5.17. The largest absolute Gasteiger partial charge is 0.489 e. The number of halogens is 3. The minimum Gasteiger partial charge on any atom is -0.489 e. The lowest BCUT2D eigenvalue weighted by Crippen LogP contribution is -2.44. The SMILES string of the molecule is Cc1nc(N[C@H](C)c2cccc(C(F)(F)F)c2C)c2cc3c(cc2n1)OCCN3C1CCOCC1. The lowest BCUT2D eigenvalue weighted by molar-refractivity contribution is -0.138. The van der Waals surface area contributed by atoms with E-state index in [1.165, 1.54) is 13.0 Å². The van der Waals surface area contributed by atoms with Crippen LogP contribution in [0, 0.1) is 13.8 Å². The second-order valence-corrected chi connectivity index (χ2v) is 9.23. The monoisotopic (exact) mass is 486 g/mol. The summed E-state index contributed by atoms with van der Waals surface area (Å²) in [4.78, 5) is 11.6. The number of nitrogens with zero attached hydrogens (tertiary/aromatic N) is 3. The van der Waals surface area contributed by atoms with E-state index in [1.54, 1.807) is 13.0 Å². The molecule has 2 aliphatic rings. The highest BCUT2D eigenvalue weighted by atomic mass is 19.4. The number of anilines is 2. The first-order valence-corrected chi connectivity index (χ1v) is 11.9. The first-order valence-electron chi connectivity index (χ1n) is 11.9. The molecule has 0 bridgehead atoms. The Hall–Kier alpha value is -3.07. The van der Waals surface area contributed by atoms with E-state index in [0.717, 1.165) is 61.0 Å². The summed E-state index contributed by atoms with van der Waals surface area (Å²) in [7, 11) is 0. The summed E-state index contributed by atoms with van der Waals surface area (Å²) in [5.41, 5.74) is 1.90. The van der Waals surface area contributed by atoms with Crippen molar-refractivity contribution in [3.63, 3.8) is 0 Å². The van der Waals surface area contributed by atoms with Crippen molar-refractivity contribution in [2.24, 2.45) is 0 Å². The molecule has 186 valence electrons. The molecule has 2 aliphatic heterocycles. The Bertz CT molecular complexity index is 1240. The topological polar surface area (TPSA) is 59.5 Å². The van der Waals surface area contributed by atoms with Gasteiger partial charge in [0.05, 0.1) is 29.4 Å². The molecular weight excluding hydrogens is 457 g/mol. The molecule has 0 spiro atoms. The maximum atomic E-state index is 13.5.